The molecule has 0 amide bonds. The van der Waals surface area contributed by atoms with E-state index < -0.39 is 0 Å². The van der Waals surface area contributed by atoms with E-state index in [0.717, 1.165) is 27.8 Å². The van der Waals surface area contributed by atoms with Crippen molar-refractivity contribution < 1.29 is 0 Å². The van der Waals surface area contributed by atoms with Crippen molar-refractivity contribution in [2.45, 2.75) is 12.5 Å². The van der Waals surface area contributed by atoms with Crippen molar-refractivity contribution in [1.29, 1.82) is 0 Å². The monoisotopic (exact) mass is 461 g/mol. The summed E-state index contributed by atoms with van der Waals surface area (Å²) in [6.07, 6.45) is 5.00. The molecule has 1 nitrogen and oxygen atoms in total. The van der Waals surface area contributed by atoms with E-state index in [9.17, 15) is 0 Å². The summed E-state index contributed by atoms with van der Waals surface area (Å²) in [7, 11) is 6.19. The van der Waals surface area contributed by atoms with Gasteiger partial charge in [0.15, 0.2) is 0 Å². The first kappa shape index (κ1) is 19.9. The van der Waals surface area contributed by atoms with E-state index in [1.54, 1.807) is 0 Å². The standard InChI is InChI=1S/C28H21BBrN/c29-22-17-23(30)19-26(18-22)31(24-9-2-1-3-10-24)25-15-13-21(14-16-25)28-12-6-8-20-7-4-5-11-27(20)28/h1-18,26H,19H2. The quantitative estimate of drug-likeness (QED) is 0.281. The minimum absolute atomic E-state index is 0.144. The highest BCUT2D eigenvalue weighted by Crippen LogP contribution is 2.36. The Morgan fingerprint density at radius 2 is 1.42 bits per heavy atom. The summed E-state index contributed by atoms with van der Waals surface area (Å²) in [5, 5.41) is 2.53. The Bertz CT molecular complexity index is 1270. The summed E-state index contributed by atoms with van der Waals surface area (Å²) >= 11 is 3.66. The van der Waals surface area contributed by atoms with Gasteiger partial charge in [0, 0.05) is 17.8 Å². The summed E-state index contributed by atoms with van der Waals surface area (Å²) < 4.78 is 1.12. The van der Waals surface area contributed by atoms with Crippen LogP contribution in [-0.2, 0) is 0 Å². The smallest absolute Gasteiger partial charge is 0.113 e. The zero-order valence-corrected chi connectivity index (χ0v) is 18.7. The minimum Gasteiger partial charge on any atom is -0.334 e. The molecule has 4 aromatic rings. The van der Waals surface area contributed by atoms with E-state index >= 15 is 0 Å². The van der Waals surface area contributed by atoms with Crippen LogP contribution in [0.3, 0.4) is 0 Å². The van der Waals surface area contributed by atoms with Gasteiger partial charge in [-0.25, -0.2) is 0 Å². The number of fused-ring (bicyclic) bond motifs is 1. The molecular formula is C28H21BBrN. The Labute approximate surface area is 193 Å². The van der Waals surface area contributed by atoms with Crippen LogP contribution in [0.2, 0.25) is 0 Å². The van der Waals surface area contributed by atoms with Gasteiger partial charge in [0.1, 0.15) is 7.85 Å². The van der Waals surface area contributed by atoms with Gasteiger partial charge in [-0.3, -0.25) is 0 Å². The van der Waals surface area contributed by atoms with Crippen LogP contribution >= 0.6 is 15.9 Å². The van der Waals surface area contributed by atoms with Gasteiger partial charge in [-0.1, -0.05) is 106 Å². The molecule has 0 N–H and O–H groups in total. The predicted molar refractivity (Wildman–Crippen MR) is 137 cm³/mol. The highest BCUT2D eigenvalue weighted by atomic mass is 79.9. The number of nitrogens with zero attached hydrogens (tertiary/aromatic N) is 1. The minimum atomic E-state index is 0.144. The Morgan fingerprint density at radius 1 is 0.742 bits per heavy atom. The third-order valence-electron chi connectivity index (χ3n) is 5.72. The highest BCUT2D eigenvalue weighted by molar-refractivity contribution is 9.11. The lowest BCUT2D eigenvalue weighted by Gasteiger charge is -2.34. The van der Waals surface area contributed by atoms with E-state index in [0.29, 0.717) is 0 Å². The fourth-order valence-corrected chi connectivity index (χ4v) is 4.93. The number of halogens is 1. The van der Waals surface area contributed by atoms with Crippen molar-refractivity contribution in [2.75, 3.05) is 4.90 Å². The molecule has 1 unspecified atom stereocenters. The molecule has 4 aromatic carbocycles. The summed E-state index contributed by atoms with van der Waals surface area (Å²) in [6, 6.07) is 34.5. The lowest BCUT2D eigenvalue weighted by atomic mass is 9.88. The Hall–Kier alpha value is -3.04. The lowest BCUT2D eigenvalue weighted by molar-refractivity contribution is 0.778. The molecule has 0 saturated carbocycles. The fraction of sp³-hybridized carbons (Fsp3) is 0.0714. The molecule has 2 radical (unpaired) electrons. The van der Waals surface area contributed by atoms with E-state index in [-0.39, 0.29) is 6.04 Å². The first-order valence-electron chi connectivity index (χ1n) is 10.4. The lowest BCUT2D eigenvalue weighted by Crippen LogP contribution is -2.31. The van der Waals surface area contributed by atoms with Crippen molar-refractivity contribution >= 4 is 45.9 Å². The highest BCUT2D eigenvalue weighted by Gasteiger charge is 2.22. The fourth-order valence-electron chi connectivity index (χ4n) is 4.33. The zero-order chi connectivity index (χ0) is 21.2. The summed E-state index contributed by atoms with van der Waals surface area (Å²) in [6.45, 7) is 0. The van der Waals surface area contributed by atoms with Gasteiger partial charge in [-0.2, -0.15) is 0 Å². The molecule has 31 heavy (non-hydrogen) atoms. The number of para-hydroxylation sites is 1. The van der Waals surface area contributed by atoms with Crippen LogP contribution in [0.5, 0.6) is 0 Å². The maximum absolute atomic E-state index is 6.19. The Morgan fingerprint density at radius 3 is 2.19 bits per heavy atom. The van der Waals surface area contributed by atoms with Crippen LogP contribution in [0.1, 0.15) is 6.42 Å². The molecule has 1 aliphatic carbocycles. The molecule has 0 saturated heterocycles. The molecule has 148 valence electrons. The summed E-state index contributed by atoms with van der Waals surface area (Å²) in [5.74, 6) is 0. The molecule has 3 heteroatoms. The van der Waals surface area contributed by atoms with E-state index in [4.69, 9.17) is 7.85 Å². The molecule has 0 bridgehead atoms. The molecule has 0 heterocycles. The maximum atomic E-state index is 6.19. The maximum Gasteiger partial charge on any atom is 0.113 e. The average molecular weight is 462 g/mol. The third kappa shape index (κ3) is 4.11. The average Bonchev–Trinajstić information content (AvgIpc) is 2.80. The topological polar surface area (TPSA) is 3.24 Å². The van der Waals surface area contributed by atoms with Crippen LogP contribution in [0.15, 0.2) is 119 Å². The van der Waals surface area contributed by atoms with Crippen LogP contribution in [0.4, 0.5) is 11.4 Å². The molecule has 0 aromatic heterocycles. The van der Waals surface area contributed by atoms with Crippen molar-refractivity contribution in [2.24, 2.45) is 0 Å². The number of hydrogen-bond acceptors (Lipinski definition) is 1. The number of hydrogen-bond donors (Lipinski definition) is 0. The van der Waals surface area contributed by atoms with Crippen molar-refractivity contribution in [3.8, 4) is 11.1 Å². The summed E-state index contributed by atoms with van der Waals surface area (Å²) in [5.41, 5.74) is 5.55. The molecule has 0 aliphatic heterocycles. The van der Waals surface area contributed by atoms with Gasteiger partial charge in [0.25, 0.3) is 0 Å². The number of benzene rings is 4. The van der Waals surface area contributed by atoms with Crippen molar-refractivity contribution in [3.63, 3.8) is 0 Å². The van der Waals surface area contributed by atoms with Gasteiger partial charge < -0.3 is 4.90 Å². The molecule has 0 fully saturated rings. The molecule has 1 aliphatic rings. The van der Waals surface area contributed by atoms with Gasteiger partial charge >= 0.3 is 0 Å². The second-order valence-corrected chi connectivity index (χ2v) is 8.83. The van der Waals surface area contributed by atoms with Gasteiger partial charge in [-0.05, 0) is 50.6 Å². The first-order chi connectivity index (χ1) is 15.2. The van der Waals surface area contributed by atoms with Crippen LogP contribution in [0, 0.1) is 0 Å². The molecule has 1 atom stereocenters. The number of rotatable bonds is 4. The Kier molecular flexibility index (Phi) is 5.52. The second-order valence-electron chi connectivity index (χ2n) is 7.81. The normalized spacial score (nSPS) is 16.0. The van der Waals surface area contributed by atoms with Crippen molar-refractivity contribution in [1.82, 2.24) is 0 Å². The van der Waals surface area contributed by atoms with Crippen LogP contribution in [0.25, 0.3) is 21.9 Å². The third-order valence-corrected chi connectivity index (χ3v) is 6.28. The van der Waals surface area contributed by atoms with Gasteiger partial charge in [-0.15, -0.1) is 0 Å². The van der Waals surface area contributed by atoms with Gasteiger partial charge in [0.2, 0.25) is 0 Å². The largest absolute Gasteiger partial charge is 0.334 e. The van der Waals surface area contributed by atoms with E-state index in [1.165, 1.54) is 21.9 Å². The van der Waals surface area contributed by atoms with Gasteiger partial charge in [0.05, 0.1) is 6.04 Å². The molecule has 0 spiro atoms. The molecular weight excluding hydrogens is 441 g/mol. The van der Waals surface area contributed by atoms with Crippen molar-refractivity contribution in [3.05, 3.63) is 119 Å². The predicted octanol–water partition coefficient (Wildman–Crippen LogP) is 7.75. The summed E-state index contributed by atoms with van der Waals surface area (Å²) in [4.78, 5) is 2.36. The van der Waals surface area contributed by atoms with E-state index in [2.05, 4.69) is 118 Å². The van der Waals surface area contributed by atoms with Crippen LogP contribution in [-0.4, -0.2) is 13.9 Å². The zero-order valence-electron chi connectivity index (χ0n) is 17.1. The SMILES string of the molecule is [B]C1=CC(N(c2ccccc2)c2ccc(-c3cccc4ccccc34)cc2)CC(Br)=C1. The number of allylic oxidation sites excluding steroid dienone is 2. The molecule has 5 rings (SSSR count). The second kappa shape index (κ2) is 8.60. The number of anilines is 2. The van der Waals surface area contributed by atoms with Crippen LogP contribution < -0.4 is 4.90 Å². The van der Waals surface area contributed by atoms with E-state index in [1.807, 2.05) is 12.1 Å². The first-order valence-corrected chi connectivity index (χ1v) is 11.2. The Balaban J connectivity index is 1.56.